The van der Waals surface area contributed by atoms with Gasteiger partial charge in [-0.05, 0) is 31.4 Å². The molecule has 1 rings (SSSR count). The molecule has 0 aromatic carbocycles. The third-order valence-corrected chi connectivity index (χ3v) is 2.70. The summed E-state index contributed by atoms with van der Waals surface area (Å²) < 4.78 is 0. The molecule has 1 aromatic heterocycles. The monoisotopic (exact) mass is 254 g/mol. The number of carbonyl (C=O) groups is 1. The predicted molar refractivity (Wildman–Crippen MR) is 70.4 cm³/mol. The third kappa shape index (κ3) is 5.18. The first-order valence-electron chi connectivity index (χ1n) is 5.84. The Morgan fingerprint density at radius 1 is 1.53 bits per heavy atom. The highest BCUT2D eigenvalue weighted by atomic mass is 35.5. The molecule has 0 aliphatic heterocycles. The average molecular weight is 255 g/mol. The van der Waals surface area contributed by atoms with E-state index in [0.717, 1.165) is 12.1 Å². The lowest BCUT2D eigenvalue weighted by Crippen LogP contribution is -2.30. The van der Waals surface area contributed by atoms with Crippen molar-refractivity contribution in [3.8, 4) is 0 Å². The van der Waals surface area contributed by atoms with Gasteiger partial charge in [-0.15, -0.1) is 11.6 Å². The van der Waals surface area contributed by atoms with Gasteiger partial charge >= 0.3 is 0 Å². The Balaban J connectivity index is 2.45. The van der Waals surface area contributed by atoms with Gasteiger partial charge in [0.1, 0.15) is 0 Å². The molecule has 94 valence electrons. The lowest BCUT2D eigenvalue weighted by atomic mass is 10.1. The number of rotatable bonds is 5. The molecule has 3 nitrogen and oxygen atoms in total. The number of hydrogen-bond donors (Lipinski definition) is 1. The summed E-state index contributed by atoms with van der Waals surface area (Å²) in [6.07, 6.45) is 2.54. The molecule has 17 heavy (non-hydrogen) atoms. The molecule has 1 amide bonds. The lowest BCUT2D eigenvalue weighted by Gasteiger charge is -2.13. The van der Waals surface area contributed by atoms with Gasteiger partial charge in [-0.1, -0.05) is 13.8 Å². The van der Waals surface area contributed by atoms with Gasteiger partial charge in [-0.2, -0.15) is 0 Å². The standard InChI is InChI=1S/C13H19ClN2O/c1-9(2)6-12(14)8-16-13(17)11-4-5-15-10(3)7-11/h4-5,7,9,12H,6,8H2,1-3H3,(H,16,17). The van der Waals surface area contributed by atoms with Gasteiger partial charge in [0.2, 0.25) is 0 Å². The van der Waals surface area contributed by atoms with Crippen molar-refractivity contribution >= 4 is 17.5 Å². The fourth-order valence-corrected chi connectivity index (χ4v) is 2.02. The minimum absolute atomic E-state index is 0.0121. The molecule has 0 radical (unpaired) electrons. The van der Waals surface area contributed by atoms with Crippen molar-refractivity contribution in [3.05, 3.63) is 29.6 Å². The maximum Gasteiger partial charge on any atom is 0.251 e. The van der Waals surface area contributed by atoms with Crippen molar-refractivity contribution in [2.75, 3.05) is 6.54 Å². The number of carbonyl (C=O) groups excluding carboxylic acids is 1. The lowest BCUT2D eigenvalue weighted by molar-refractivity contribution is 0.0952. The van der Waals surface area contributed by atoms with Crippen LogP contribution in [0.5, 0.6) is 0 Å². The van der Waals surface area contributed by atoms with E-state index in [1.54, 1.807) is 18.3 Å². The summed E-state index contributed by atoms with van der Waals surface area (Å²) in [6, 6.07) is 3.47. The van der Waals surface area contributed by atoms with Gasteiger partial charge in [0.05, 0.1) is 5.38 Å². The average Bonchev–Trinajstić information content (AvgIpc) is 2.25. The third-order valence-electron chi connectivity index (χ3n) is 2.37. The van der Waals surface area contributed by atoms with Crippen LogP contribution in [0.25, 0.3) is 0 Å². The number of halogens is 1. The Morgan fingerprint density at radius 3 is 2.82 bits per heavy atom. The molecular formula is C13H19ClN2O. The molecule has 0 spiro atoms. The molecule has 1 aromatic rings. The Labute approximate surface area is 108 Å². The Kier molecular flexibility index (Phi) is 5.42. The van der Waals surface area contributed by atoms with E-state index in [-0.39, 0.29) is 11.3 Å². The number of aryl methyl sites for hydroxylation is 1. The zero-order chi connectivity index (χ0) is 12.8. The van der Waals surface area contributed by atoms with Crippen LogP contribution in [0.3, 0.4) is 0 Å². The highest BCUT2D eigenvalue weighted by molar-refractivity contribution is 6.20. The number of pyridine rings is 1. The van der Waals surface area contributed by atoms with Crippen LogP contribution in [-0.2, 0) is 0 Å². The first-order chi connectivity index (χ1) is 7.99. The van der Waals surface area contributed by atoms with Crippen molar-refractivity contribution in [1.29, 1.82) is 0 Å². The maximum absolute atomic E-state index is 11.8. The molecule has 0 fully saturated rings. The molecule has 0 bridgehead atoms. The summed E-state index contributed by atoms with van der Waals surface area (Å²) >= 11 is 6.11. The number of amides is 1. The quantitative estimate of drug-likeness (QED) is 0.821. The van der Waals surface area contributed by atoms with Gasteiger partial charge in [-0.25, -0.2) is 0 Å². The van der Waals surface area contributed by atoms with Gasteiger partial charge in [0, 0.05) is 24.0 Å². The predicted octanol–water partition coefficient (Wildman–Crippen LogP) is 2.77. The number of hydrogen-bond acceptors (Lipinski definition) is 2. The van der Waals surface area contributed by atoms with E-state index in [9.17, 15) is 4.79 Å². The summed E-state index contributed by atoms with van der Waals surface area (Å²) in [7, 11) is 0. The van der Waals surface area contributed by atoms with E-state index in [4.69, 9.17) is 11.6 Å². The van der Waals surface area contributed by atoms with E-state index in [1.165, 1.54) is 0 Å². The molecule has 4 heteroatoms. The summed E-state index contributed by atoms with van der Waals surface area (Å²) in [5, 5.41) is 2.82. The van der Waals surface area contributed by atoms with Crippen LogP contribution in [0.2, 0.25) is 0 Å². The summed E-state index contributed by atoms with van der Waals surface area (Å²) in [6.45, 7) is 6.59. The zero-order valence-corrected chi connectivity index (χ0v) is 11.3. The van der Waals surface area contributed by atoms with Crippen LogP contribution >= 0.6 is 11.6 Å². The Morgan fingerprint density at radius 2 is 2.24 bits per heavy atom. The van der Waals surface area contributed by atoms with Gasteiger partial charge < -0.3 is 5.32 Å². The summed E-state index contributed by atoms with van der Waals surface area (Å²) in [5.41, 5.74) is 1.47. The number of nitrogens with zero attached hydrogens (tertiary/aromatic N) is 1. The SMILES string of the molecule is Cc1cc(C(=O)NCC(Cl)CC(C)C)ccn1. The van der Waals surface area contributed by atoms with Crippen LogP contribution in [0.15, 0.2) is 18.3 Å². The second kappa shape index (κ2) is 6.60. The van der Waals surface area contributed by atoms with E-state index < -0.39 is 0 Å². The molecular weight excluding hydrogens is 236 g/mol. The van der Waals surface area contributed by atoms with Crippen molar-refractivity contribution in [2.24, 2.45) is 5.92 Å². The normalized spacial score (nSPS) is 12.5. The molecule has 0 aliphatic rings. The zero-order valence-electron chi connectivity index (χ0n) is 10.5. The maximum atomic E-state index is 11.8. The molecule has 0 aliphatic carbocycles. The number of aromatic nitrogens is 1. The molecule has 1 heterocycles. The van der Waals surface area contributed by atoms with Crippen molar-refractivity contribution < 1.29 is 4.79 Å². The van der Waals surface area contributed by atoms with E-state index in [1.807, 2.05) is 6.92 Å². The second-order valence-electron chi connectivity index (χ2n) is 4.62. The van der Waals surface area contributed by atoms with E-state index in [2.05, 4.69) is 24.1 Å². The molecule has 1 N–H and O–H groups in total. The molecule has 1 unspecified atom stereocenters. The molecule has 0 saturated heterocycles. The first-order valence-corrected chi connectivity index (χ1v) is 6.27. The van der Waals surface area contributed by atoms with Crippen molar-refractivity contribution in [1.82, 2.24) is 10.3 Å². The highest BCUT2D eigenvalue weighted by Gasteiger charge is 2.10. The second-order valence-corrected chi connectivity index (χ2v) is 5.24. The van der Waals surface area contributed by atoms with Crippen molar-refractivity contribution in [3.63, 3.8) is 0 Å². The fourth-order valence-electron chi connectivity index (χ4n) is 1.59. The van der Waals surface area contributed by atoms with Gasteiger partial charge in [-0.3, -0.25) is 9.78 Å². The fraction of sp³-hybridized carbons (Fsp3) is 0.538. The van der Waals surface area contributed by atoms with E-state index in [0.29, 0.717) is 18.0 Å². The molecule has 0 saturated carbocycles. The number of nitrogens with one attached hydrogen (secondary N) is 1. The summed E-state index contributed by atoms with van der Waals surface area (Å²) in [4.78, 5) is 15.8. The smallest absolute Gasteiger partial charge is 0.251 e. The van der Waals surface area contributed by atoms with Crippen LogP contribution in [0.4, 0.5) is 0 Å². The van der Waals surface area contributed by atoms with Crippen LogP contribution in [0, 0.1) is 12.8 Å². The van der Waals surface area contributed by atoms with Crippen LogP contribution in [0.1, 0.15) is 36.3 Å². The van der Waals surface area contributed by atoms with Gasteiger partial charge in [0.15, 0.2) is 0 Å². The highest BCUT2D eigenvalue weighted by Crippen LogP contribution is 2.09. The number of alkyl halides is 1. The van der Waals surface area contributed by atoms with Crippen LogP contribution in [-0.4, -0.2) is 22.8 Å². The van der Waals surface area contributed by atoms with Gasteiger partial charge in [0.25, 0.3) is 5.91 Å². The molecule has 1 atom stereocenters. The van der Waals surface area contributed by atoms with Crippen LogP contribution < -0.4 is 5.32 Å². The van der Waals surface area contributed by atoms with E-state index >= 15 is 0 Å². The first kappa shape index (κ1) is 14.0. The Bertz CT molecular complexity index is 379. The topological polar surface area (TPSA) is 42.0 Å². The summed E-state index contributed by atoms with van der Waals surface area (Å²) in [5.74, 6) is 0.447. The Hall–Kier alpha value is -1.09. The largest absolute Gasteiger partial charge is 0.351 e. The van der Waals surface area contributed by atoms with Crippen molar-refractivity contribution in [2.45, 2.75) is 32.6 Å². The minimum atomic E-state index is -0.0927. The minimum Gasteiger partial charge on any atom is -0.351 e.